The molecule has 0 N–H and O–H groups in total. The first-order valence-corrected chi connectivity index (χ1v) is 4.82. The second kappa shape index (κ2) is 3.77. The van der Waals surface area contributed by atoms with Crippen molar-refractivity contribution < 1.29 is 9.53 Å². The first kappa shape index (κ1) is 9.77. The number of hydrogen-bond donors (Lipinski definition) is 0. The van der Waals surface area contributed by atoms with Crippen molar-refractivity contribution in [3.8, 4) is 0 Å². The van der Waals surface area contributed by atoms with Gasteiger partial charge in [0.15, 0.2) is 0 Å². The van der Waals surface area contributed by atoms with E-state index in [1.807, 2.05) is 42.4 Å². The Balaban J connectivity index is 2.35. The summed E-state index contributed by atoms with van der Waals surface area (Å²) in [5, 5.41) is 0. The zero-order chi connectivity index (χ0) is 10.8. The molecule has 0 fully saturated rings. The first-order valence-electron chi connectivity index (χ1n) is 4.82. The van der Waals surface area contributed by atoms with Gasteiger partial charge in [-0.25, -0.2) is 4.79 Å². The number of methoxy groups -OCH3 is 1. The van der Waals surface area contributed by atoms with Crippen LogP contribution in [-0.4, -0.2) is 20.1 Å². The van der Waals surface area contributed by atoms with E-state index in [0.717, 1.165) is 11.3 Å². The number of esters is 1. The third kappa shape index (κ3) is 1.73. The summed E-state index contributed by atoms with van der Waals surface area (Å²) < 4.78 is 4.72. The lowest BCUT2D eigenvalue weighted by Crippen LogP contribution is -2.21. The molecular weight excluding hydrogens is 190 g/mol. The Labute approximate surface area is 89.0 Å². The quantitative estimate of drug-likeness (QED) is 0.651. The number of hydrogen-bond acceptors (Lipinski definition) is 3. The summed E-state index contributed by atoms with van der Waals surface area (Å²) >= 11 is 0. The minimum atomic E-state index is -0.253. The molecule has 1 heterocycles. The Morgan fingerprint density at radius 1 is 1.40 bits per heavy atom. The Morgan fingerprint density at radius 3 is 2.87 bits per heavy atom. The highest BCUT2D eigenvalue weighted by Crippen LogP contribution is 2.27. The summed E-state index contributed by atoms with van der Waals surface area (Å²) in [6.07, 6.45) is 2.47. The molecule has 0 saturated heterocycles. The number of para-hydroxylation sites is 1. The first-order chi connectivity index (χ1) is 7.22. The zero-order valence-corrected chi connectivity index (χ0v) is 8.86. The average molecular weight is 203 g/mol. The van der Waals surface area contributed by atoms with E-state index in [-0.39, 0.29) is 5.97 Å². The second-order valence-corrected chi connectivity index (χ2v) is 3.56. The molecule has 1 aromatic carbocycles. The highest BCUT2D eigenvalue weighted by atomic mass is 16.5. The van der Waals surface area contributed by atoms with Crippen LogP contribution in [0, 0.1) is 0 Å². The lowest BCUT2D eigenvalue weighted by Gasteiger charge is -2.24. The van der Waals surface area contributed by atoms with Crippen LogP contribution in [0.5, 0.6) is 0 Å². The Morgan fingerprint density at radius 2 is 2.13 bits per heavy atom. The molecule has 0 spiro atoms. The third-order valence-electron chi connectivity index (χ3n) is 2.55. The van der Waals surface area contributed by atoms with Crippen LogP contribution in [0.15, 0.2) is 36.0 Å². The van der Waals surface area contributed by atoms with Gasteiger partial charge in [-0.3, -0.25) is 0 Å². The number of rotatable bonds is 1. The highest BCUT2D eigenvalue weighted by Gasteiger charge is 2.19. The molecule has 1 aromatic rings. The molecule has 1 aliphatic heterocycles. The fourth-order valence-corrected chi connectivity index (χ4v) is 1.81. The molecule has 3 heteroatoms. The van der Waals surface area contributed by atoms with Crippen LogP contribution < -0.4 is 4.90 Å². The zero-order valence-electron chi connectivity index (χ0n) is 8.86. The maximum atomic E-state index is 11.4. The maximum Gasteiger partial charge on any atom is 0.335 e. The lowest BCUT2D eigenvalue weighted by atomic mass is 10.0. The number of anilines is 1. The van der Waals surface area contributed by atoms with Crippen molar-refractivity contribution in [1.29, 1.82) is 0 Å². The van der Waals surface area contributed by atoms with E-state index in [0.29, 0.717) is 12.0 Å². The van der Waals surface area contributed by atoms with Gasteiger partial charge in [-0.05, 0) is 11.6 Å². The fourth-order valence-electron chi connectivity index (χ4n) is 1.81. The number of benzene rings is 1. The summed E-state index contributed by atoms with van der Waals surface area (Å²) in [6, 6.07) is 8.04. The standard InChI is InChI=1S/C12H13NO2/c1-13-8-10(12(14)15-2)7-9-5-3-4-6-11(9)13/h3-6,8H,7H2,1-2H3. The second-order valence-electron chi connectivity index (χ2n) is 3.56. The van der Waals surface area contributed by atoms with Gasteiger partial charge < -0.3 is 9.64 Å². The molecule has 3 nitrogen and oxygen atoms in total. The summed E-state index contributed by atoms with van der Waals surface area (Å²) in [5.41, 5.74) is 2.99. The normalized spacial score (nSPS) is 14.3. The summed E-state index contributed by atoms with van der Waals surface area (Å²) in [7, 11) is 3.34. The smallest absolute Gasteiger partial charge is 0.335 e. The Hall–Kier alpha value is -1.77. The van der Waals surface area contributed by atoms with E-state index in [9.17, 15) is 4.79 Å². The van der Waals surface area contributed by atoms with E-state index in [1.54, 1.807) is 0 Å². The van der Waals surface area contributed by atoms with E-state index in [1.165, 1.54) is 7.11 Å². The molecule has 78 valence electrons. The SMILES string of the molecule is COC(=O)C1=CN(C)c2ccccc2C1. The highest BCUT2D eigenvalue weighted by molar-refractivity contribution is 5.90. The van der Waals surface area contributed by atoms with Crippen LogP contribution in [0.4, 0.5) is 5.69 Å². The molecule has 0 radical (unpaired) electrons. The van der Waals surface area contributed by atoms with Gasteiger partial charge >= 0.3 is 5.97 Å². The fraction of sp³-hybridized carbons (Fsp3) is 0.250. The van der Waals surface area contributed by atoms with Crippen LogP contribution >= 0.6 is 0 Å². The van der Waals surface area contributed by atoms with Crippen molar-refractivity contribution in [2.24, 2.45) is 0 Å². The van der Waals surface area contributed by atoms with Gasteiger partial charge in [0, 0.05) is 25.4 Å². The van der Waals surface area contributed by atoms with Gasteiger partial charge in [-0.1, -0.05) is 18.2 Å². The molecule has 15 heavy (non-hydrogen) atoms. The number of nitrogens with zero attached hydrogens (tertiary/aromatic N) is 1. The molecule has 1 aliphatic rings. The molecule has 0 bridgehead atoms. The molecule has 0 atom stereocenters. The third-order valence-corrected chi connectivity index (χ3v) is 2.55. The van der Waals surface area contributed by atoms with Crippen molar-refractivity contribution in [2.75, 3.05) is 19.1 Å². The minimum absolute atomic E-state index is 0.253. The predicted octanol–water partition coefficient (Wildman–Crippen LogP) is 1.74. The maximum absolute atomic E-state index is 11.4. The molecular formula is C12H13NO2. The van der Waals surface area contributed by atoms with Crippen molar-refractivity contribution in [3.63, 3.8) is 0 Å². The number of carbonyl (C=O) groups excluding carboxylic acids is 1. The van der Waals surface area contributed by atoms with Crippen LogP contribution in [0.25, 0.3) is 0 Å². The molecule has 0 aromatic heterocycles. The van der Waals surface area contributed by atoms with Crippen LogP contribution in [0.2, 0.25) is 0 Å². The van der Waals surface area contributed by atoms with Gasteiger partial charge in [-0.15, -0.1) is 0 Å². The molecule has 0 unspecified atom stereocenters. The topological polar surface area (TPSA) is 29.5 Å². The summed E-state index contributed by atoms with van der Waals surface area (Å²) in [6.45, 7) is 0. The van der Waals surface area contributed by atoms with Gasteiger partial charge in [0.05, 0.1) is 12.7 Å². The molecule has 0 amide bonds. The van der Waals surface area contributed by atoms with E-state index in [4.69, 9.17) is 4.74 Å². The molecule has 2 rings (SSSR count). The molecule has 0 saturated carbocycles. The van der Waals surface area contributed by atoms with Crippen molar-refractivity contribution in [3.05, 3.63) is 41.6 Å². The van der Waals surface area contributed by atoms with Crippen LogP contribution in [0.1, 0.15) is 5.56 Å². The predicted molar refractivity (Wildman–Crippen MR) is 58.6 cm³/mol. The Kier molecular flexibility index (Phi) is 2.46. The van der Waals surface area contributed by atoms with Crippen LogP contribution in [-0.2, 0) is 16.0 Å². The van der Waals surface area contributed by atoms with E-state index in [2.05, 4.69) is 0 Å². The lowest BCUT2D eigenvalue weighted by molar-refractivity contribution is -0.136. The van der Waals surface area contributed by atoms with Crippen LogP contribution in [0.3, 0.4) is 0 Å². The average Bonchev–Trinajstić information content (AvgIpc) is 2.28. The Bertz CT molecular complexity index is 423. The number of ether oxygens (including phenoxy) is 1. The van der Waals surface area contributed by atoms with Gasteiger partial charge in [-0.2, -0.15) is 0 Å². The van der Waals surface area contributed by atoms with Crippen molar-refractivity contribution in [2.45, 2.75) is 6.42 Å². The minimum Gasteiger partial charge on any atom is -0.466 e. The van der Waals surface area contributed by atoms with Crippen molar-refractivity contribution >= 4 is 11.7 Å². The summed E-state index contributed by atoms with van der Waals surface area (Å²) in [4.78, 5) is 13.4. The van der Waals surface area contributed by atoms with Gasteiger partial charge in [0.2, 0.25) is 0 Å². The van der Waals surface area contributed by atoms with Crippen molar-refractivity contribution in [1.82, 2.24) is 0 Å². The largest absolute Gasteiger partial charge is 0.466 e. The monoisotopic (exact) mass is 203 g/mol. The summed E-state index contributed by atoms with van der Waals surface area (Å²) in [5.74, 6) is -0.253. The van der Waals surface area contributed by atoms with Gasteiger partial charge in [0.25, 0.3) is 0 Å². The molecule has 0 aliphatic carbocycles. The van der Waals surface area contributed by atoms with Gasteiger partial charge in [0.1, 0.15) is 0 Å². The van der Waals surface area contributed by atoms with E-state index < -0.39 is 0 Å². The number of fused-ring (bicyclic) bond motifs is 1. The van der Waals surface area contributed by atoms with E-state index >= 15 is 0 Å². The number of carbonyl (C=O) groups is 1.